The van der Waals surface area contributed by atoms with E-state index in [-0.39, 0.29) is 0 Å². The molecule has 1 aliphatic carbocycles. The minimum absolute atomic E-state index is 0.680. The van der Waals surface area contributed by atoms with Crippen LogP contribution in [0.4, 0.5) is 0 Å². The molecule has 0 spiro atoms. The third kappa shape index (κ3) is 3.21. The van der Waals surface area contributed by atoms with Crippen LogP contribution in [0.2, 0.25) is 0 Å². The first-order chi connectivity index (χ1) is 9.84. The molecule has 2 aromatic rings. The molecule has 0 unspecified atom stereocenters. The monoisotopic (exact) mass is 332 g/mol. The summed E-state index contributed by atoms with van der Waals surface area (Å²) in [5, 5.41) is 4.94. The Morgan fingerprint density at radius 1 is 1.10 bits per heavy atom. The number of hydrogen-bond acceptors (Lipinski definition) is 2. The molecule has 0 bridgehead atoms. The van der Waals surface area contributed by atoms with Gasteiger partial charge in [-0.15, -0.1) is 0 Å². The summed E-state index contributed by atoms with van der Waals surface area (Å²) in [5.41, 5.74) is 2.41. The fourth-order valence-electron chi connectivity index (χ4n) is 3.08. The lowest BCUT2D eigenvalue weighted by molar-refractivity contribution is 0.460. The van der Waals surface area contributed by atoms with Crippen molar-refractivity contribution in [3.05, 3.63) is 40.5 Å². The first-order valence-electron chi connectivity index (χ1n) is 7.60. The van der Waals surface area contributed by atoms with Gasteiger partial charge in [0.05, 0.1) is 5.52 Å². The minimum Gasteiger partial charge on any atom is -0.310 e. The van der Waals surface area contributed by atoms with E-state index in [0.717, 1.165) is 16.5 Å². The van der Waals surface area contributed by atoms with E-state index < -0.39 is 0 Å². The Hall–Kier alpha value is -0.930. The van der Waals surface area contributed by atoms with E-state index in [1.807, 2.05) is 12.3 Å². The van der Waals surface area contributed by atoms with Crippen molar-refractivity contribution in [2.45, 2.75) is 51.1 Å². The minimum atomic E-state index is 0.680. The first-order valence-corrected chi connectivity index (χ1v) is 8.39. The molecule has 1 fully saturated rings. The van der Waals surface area contributed by atoms with Gasteiger partial charge >= 0.3 is 0 Å². The summed E-state index contributed by atoms with van der Waals surface area (Å²) >= 11 is 3.61. The molecular formula is C17H21BrN2. The Morgan fingerprint density at radius 3 is 2.70 bits per heavy atom. The van der Waals surface area contributed by atoms with Crippen LogP contribution in [0.1, 0.15) is 44.1 Å². The van der Waals surface area contributed by atoms with Crippen LogP contribution in [-0.4, -0.2) is 11.0 Å². The first kappa shape index (κ1) is 14.0. The Kier molecular flexibility index (Phi) is 4.69. The van der Waals surface area contributed by atoms with Crippen molar-refractivity contribution >= 4 is 26.8 Å². The smallest absolute Gasteiger partial charge is 0.0758 e. The second-order valence-electron chi connectivity index (χ2n) is 5.68. The van der Waals surface area contributed by atoms with Crippen LogP contribution in [0.25, 0.3) is 10.9 Å². The predicted octanol–water partition coefficient (Wildman–Crippen LogP) is 4.81. The van der Waals surface area contributed by atoms with Crippen molar-refractivity contribution < 1.29 is 0 Å². The van der Waals surface area contributed by atoms with Gasteiger partial charge < -0.3 is 5.32 Å². The zero-order chi connectivity index (χ0) is 13.8. The lowest BCUT2D eigenvalue weighted by Crippen LogP contribution is -2.28. The van der Waals surface area contributed by atoms with Gasteiger partial charge in [-0.3, -0.25) is 4.98 Å². The van der Waals surface area contributed by atoms with Crippen LogP contribution in [0.5, 0.6) is 0 Å². The number of aromatic nitrogens is 1. The molecule has 0 saturated heterocycles. The van der Waals surface area contributed by atoms with Crippen LogP contribution in [0.3, 0.4) is 0 Å². The van der Waals surface area contributed by atoms with Gasteiger partial charge in [0.15, 0.2) is 0 Å². The van der Waals surface area contributed by atoms with Gasteiger partial charge in [0.1, 0.15) is 0 Å². The molecule has 1 heterocycles. The summed E-state index contributed by atoms with van der Waals surface area (Å²) in [7, 11) is 0. The van der Waals surface area contributed by atoms with Crippen molar-refractivity contribution in [2.75, 3.05) is 0 Å². The van der Waals surface area contributed by atoms with E-state index in [1.165, 1.54) is 49.5 Å². The van der Waals surface area contributed by atoms with Crippen molar-refractivity contribution in [3.63, 3.8) is 0 Å². The highest BCUT2D eigenvalue weighted by Crippen LogP contribution is 2.25. The second kappa shape index (κ2) is 6.68. The van der Waals surface area contributed by atoms with E-state index in [9.17, 15) is 0 Å². The molecule has 0 atom stereocenters. The van der Waals surface area contributed by atoms with Crippen LogP contribution in [-0.2, 0) is 6.54 Å². The summed E-state index contributed by atoms with van der Waals surface area (Å²) < 4.78 is 1.12. The number of rotatable bonds is 3. The molecule has 0 amide bonds. The van der Waals surface area contributed by atoms with E-state index in [4.69, 9.17) is 0 Å². The molecule has 1 aliphatic rings. The Labute approximate surface area is 129 Å². The number of nitrogens with zero attached hydrogens (tertiary/aromatic N) is 1. The van der Waals surface area contributed by atoms with Gasteiger partial charge in [0.2, 0.25) is 0 Å². The highest BCUT2D eigenvalue weighted by atomic mass is 79.9. The number of fused-ring (bicyclic) bond motifs is 1. The van der Waals surface area contributed by atoms with Crippen LogP contribution >= 0.6 is 15.9 Å². The largest absolute Gasteiger partial charge is 0.310 e. The van der Waals surface area contributed by atoms with Gasteiger partial charge in [-0.05, 0) is 30.5 Å². The normalized spacial score (nSPS) is 17.2. The average molecular weight is 333 g/mol. The SMILES string of the molecule is Brc1ccc(CNC2CCCCCC2)c2ncccc12. The summed E-state index contributed by atoms with van der Waals surface area (Å²) in [4.78, 5) is 4.55. The lowest BCUT2D eigenvalue weighted by atomic mass is 10.1. The van der Waals surface area contributed by atoms with E-state index in [1.54, 1.807) is 0 Å². The highest BCUT2D eigenvalue weighted by molar-refractivity contribution is 9.10. The van der Waals surface area contributed by atoms with Crippen molar-refractivity contribution in [2.24, 2.45) is 0 Å². The molecule has 3 rings (SSSR count). The van der Waals surface area contributed by atoms with E-state index in [0.29, 0.717) is 6.04 Å². The van der Waals surface area contributed by atoms with Crippen molar-refractivity contribution in [1.82, 2.24) is 10.3 Å². The molecule has 20 heavy (non-hydrogen) atoms. The molecule has 2 nitrogen and oxygen atoms in total. The maximum atomic E-state index is 4.55. The number of benzene rings is 1. The fraction of sp³-hybridized carbons (Fsp3) is 0.471. The van der Waals surface area contributed by atoms with Gasteiger partial charge in [0, 0.05) is 28.6 Å². The van der Waals surface area contributed by atoms with Crippen LogP contribution in [0.15, 0.2) is 34.9 Å². The summed E-state index contributed by atoms with van der Waals surface area (Å²) in [6.07, 6.45) is 10.1. The van der Waals surface area contributed by atoms with Crippen molar-refractivity contribution in [3.8, 4) is 0 Å². The van der Waals surface area contributed by atoms with Crippen LogP contribution in [0, 0.1) is 0 Å². The molecule has 0 aliphatic heterocycles. The molecule has 0 radical (unpaired) electrons. The second-order valence-corrected chi connectivity index (χ2v) is 6.53. The third-order valence-electron chi connectivity index (χ3n) is 4.24. The maximum Gasteiger partial charge on any atom is 0.0758 e. The number of pyridine rings is 1. The molecule has 1 aromatic carbocycles. The fourth-order valence-corrected chi connectivity index (χ4v) is 3.53. The number of nitrogens with one attached hydrogen (secondary N) is 1. The molecule has 1 N–H and O–H groups in total. The summed E-state index contributed by atoms with van der Waals surface area (Å²) in [6, 6.07) is 9.12. The van der Waals surface area contributed by atoms with Gasteiger partial charge in [-0.2, -0.15) is 0 Å². The lowest BCUT2D eigenvalue weighted by Gasteiger charge is -2.17. The summed E-state index contributed by atoms with van der Waals surface area (Å²) in [5.74, 6) is 0. The third-order valence-corrected chi connectivity index (χ3v) is 4.93. The summed E-state index contributed by atoms with van der Waals surface area (Å²) in [6.45, 7) is 0.922. The Morgan fingerprint density at radius 2 is 1.90 bits per heavy atom. The quantitative estimate of drug-likeness (QED) is 0.816. The predicted molar refractivity (Wildman–Crippen MR) is 87.8 cm³/mol. The van der Waals surface area contributed by atoms with Gasteiger partial charge in [-0.1, -0.05) is 53.7 Å². The van der Waals surface area contributed by atoms with Gasteiger partial charge in [0.25, 0.3) is 0 Å². The van der Waals surface area contributed by atoms with E-state index >= 15 is 0 Å². The molecule has 3 heteroatoms. The molecule has 1 saturated carbocycles. The Bertz CT molecular complexity index is 574. The Balaban J connectivity index is 1.75. The van der Waals surface area contributed by atoms with Crippen LogP contribution < -0.4 is 5.32 Å². The standard InChI is InChI=1S/C17H21BrN2/c18-16-10-9-13(17-15(16)8-5-11-19-17)12-20-14-6-3-1-2-4-7-14/h5,8-11,14,20H,1-4,6-7,12H2. The topological polar surface area (TPSA) is 24.9 Å². The number of hydrogen-bond donors (Lipinski definition) is 1. The zero-order valence-electron chi connectivity index (χ0n) is 11.7. The zero-order valence-corrected chi connectivity index (χ0v) is 13.3. The highest BCUT2D eigenvalue weighted by Gasteiger charge is 2.12. The molecule has 106 valence electrons. The van der Waals surface area contributed by atoms with Gasteiger partial charge in [-0.25, -0.2) is 0 Å². The molecule has 1 aromatic heterocycles. The number of halogens is 1. The maximum absolute atomic E-state index is 4.55. The average Bonchev–Trinajstić information content (AvgIpc) is 2.76. The molecular weight excluding hydrogens is 312 g/mol. The van der Waals surface area contributed by atoms with Crippen molar-refractivity contribution in [1.29, 1.82) is 0 Å². The van der Waals surface area contributed by atoms with E-state index in [2.05, 4.69) is 44.4 Å².